The Morgan fingerprint density at radius 1 is 1.00 bits per heavy atom. The Bertz CT molecular complexity index is 1400. The second kappa shape index (κ2) is 9.37. The van der Waals surface area contributed by atoms with E-state index < -0.39 is 95.2 Å². The van der Waals surface area contributed by atoms with Crippen molar-refractivity contribution >= 4 is 17.3 Å². The van der Waals surface area contributed by atoms with Crippen LogP contribution in [0.25, 0.3) is 0 Å². The first-order valence-corrected chi connectivity index (χ1v) is 12.3. The van der Waals surface area contributed by atoms with Crippen LogP contribution in [0.3, 0.4) is 0 Å². The summed E-state index contributed by atoms with van der Waals surface area (Å²) in [5.74, 6) is -3.65. The predicted octanol–water partition coefficient (Wildman–Crippen LogP) is 0.0333. The fourth-order valence-corrected chi connectivity index (χ4v) is 5.59. The van der Waals surface area contributed by atoms with Crippen molar-refractivity contribution in [1.82, 2.24) is 0 Å². The maximum absolute atomic E-state index is 13.6. The molecule has 0 aromatic heterocycles. The van der Waals surface area contributed by atoms with Crippen LogP contribution in [0.15, 0.2) is 18.2 Å². The van der Waals surface area contributed by atoms with Crippen LogP contribution in [0.5, 0.6) is 17.2 Å². The number of methoxy groups -OCH3 is 1. The van der Waals surface area contributed by atoms with E-state index >= 15 is 0 Å². The number of aliphatic hydroxyl groups excluding tert-OH is 3. The van der Waals surface area contributed by atoms with Gasteiger partial charge in [0.05, 0.1) is 36.0 Å². The van der Waals surface area contributed by atoms with Gasteiger partial charge in [-0.15, -0.1) is 0 Å². The lowest BCUT2D eigenvalue weighted by Crippen LogP contribution is -2.58. The van der Waals surface area contributed by atoms with Crippen LogP contribution >= 0.6 is 0 Å². The standard InChI is InChI=1S/C27H28O12/c1-9-19(29)24(34)25(35)26(38-9)39-14-8-27(36,10(2)28)7-12-16(14)23(33)18-17(21(12)31)20(30)11-5-4-6-13(37-3)15(11)22(18)32/h4-6,9,14,19,24-26,29,31,33-36H,7-8H2,1-3H3/t9-,14-,19-,24+,25+,26-,27-/m0/s1. The number of carbonyl (C=O) groups excluding carboxylic acids is 3. The van der Waals surface area contributed by atoms with Crippen LogP contribution in [0, 0.1) is 0 Å². The van der Waals surface area contributed by atoms with Gasteiger partial charge in [0.1, 0.15) is 41.2 Å². The van der Waals surface area contributed by atoms with Gasteiger partial charge in [-0.1, -0.05) is 12.1 Å². The summed E-state index contributed by atoms with van der Waals surface area (Å²) in [5.41, 5.74) is -3.70. The molecular weight excluding hydrogens is 516 g/mol. The maximum Gasteiger partial charge on any atom is 0.202 e. The van der Waals surface area contributed by atoms with Gasteiger partial charge in [-0.2, -0.15) is 0 Å². The smallest absolute Gasteiger partial charge is 0.202 e. The molecule has 39 heavy (non-hydrogen) atoms. The third-order valence-electron chi connectivity index (χ3n) is 7.84. The van der Waals surface area contributed by atoms with Gasteiger partial charge in [-0.25, -0.2) is 0 Å². The fourth-order valence-electron chi connectivity index (χ4n) is 5.59. The highest BCUT2D eigenvalue weighted by Gasteiger charge is 2.50. The monoisotopic (exact) mass is 544 g/mol. The first kappa shape index (κ1) is 27.2. The minimum absolute atomic E-state index is 0.0628. The summed E-state index contributed by atoms with van der Waals surface area (Å²) in [4.78, 5) is 39.6. The topological polar surface area (TPSA) is 200 Å². The Hall–Kier alpha value is -3.39. The van der Waals surface area contributed by atoms with Crippen molar-refractivity contribution in [3.8, 4) is 17.2 Å². The van der Waals surface area contributed by atoms with E-state index in [-0.39, 0.29) is 28.0 Å². The van der Waals surface area contributed by atoms with Gasteiger partial charge in [0, 0.05) is 29.5 Å². The van der Waals surface area contributed by atoms with E-state index in [0.29, 0.717) is 0 Å². The zero-order chi connectivity index (χ0) is 28.5. The van der Waals surface area contributed by atoms with E-state index in [2.05, 4.69) is 0 Å². The van der Waals surface area contributed by atoms with Crippen molar-refractivity contribution < 1.29 is 59.2 Å². The molecule has 2 aromatic rings. The first-order valence-electron chi connectivity index (χ1n) is 12.3. The average molecular weight is 545 g/mol. The van der Waals surface area contributed by atoms with Gasteiger partial charge in [0.2, 0.25) is 5.78 Å². The summed E-state index contributed by atoms with van der Waals surface area (Å²) >= 11 is 0. The molecular formula is C27H28O12. The van der Waals surface area contributed by atoms with Crippen LogP contribution in [0.1, 0.15) is 69.3 Å². The number of phenols is 2. The fraction of sp³-hybridized carbons (Fsp3) is 0.444. The normalized spacial score (nSPS) is 31.8. The van der Waals surface area contributed by atoms with Crippen LogP contribution in [0.4, 0.5) is 0 Å². The summed E-state index contributed by atoms with van der Waals surface area (Å²) < 4.78 is 16.6. The third-order valence-corrected chi connectivity index (χ3v) is 7.84. The zero-order valence-corrected chi connectivity index (χ0v) is 21.2. The number of hydrogen-bond donors (Lipinski definition) is 6. The van der Waals surface area contributed by atoms with E-state index in [9.17, 15) is 45.0 Å². The van der Waals surface area contributed by atoms with Gasteiger partial charge in [0.25, 0.3) is 0 Å². The van der Waals surface area contributed by atoms with Crippen molar-refractivity contribution in [3.05, 3.63) is 51.6 Å². The number of carbonyl (C=O) groups is 3. The van der Waals surface area contributed by atoms with Crippen molar-refractivity contribution in [2.24, 2.45) is 0 Å². The van der Waals surface area contributed by atoms with Crippen LogP contribution in [0.2, 0.25) is 0 Å². The Kier molecular flexibility index (Phi) is 6.53. The summed E-state index contributed by atoms with van der Waals surface area (Å²) in [5, 5.41) is 64.7. The summed E-state index contributed by atoms with van der Waals surface area (Å²) in [6, 6.07) is 4.33. The van der Waals surface area contributed by atoms with Gasteiger partial charge >= 0.3 is 0 Å². The average Bonchev–Trinajstić information content (AvgIpc) is 2.90. The Morgan fingerprint density at radius 3 is 2.31 bits per heavy atom. The summed E-state index contributed by atoms with van der Waals surface area (Å²) in [6.45, 7) is 2.54. The zero-order valence-electron chi connectivity index (χ0n) is 21.2. The van der Waals surface area contributed by atoms with Gasteiger partial charge in [-0.3, -0.25) is 14.4 Å². The number of fused-ring (bicyclic) bond motifs is 3. The van der Waals surface area contributed by atoms with Crippen molar-refractivity contribution in [1.29, 1.82) is 0 Å². The Morgan fingerprint density at radius 2 is 1.67 bits per heavy atom. The molecule has 6 N–H and O–H groups in total. The highest BCUT2D eigenvalue weighted by molar-refractivity contribution is 6.31. The SMILES string of the molecule is COc1cccc2c1C(=O)c1c(O)c3c(c(O)c1C2=O)C[C@@](O)(C(C)=O)C[C@@H]3O[C@@H]1O[C@@H](C)[C@H](O)[C@@H](O)[C@H]1O. The first-order chi connectivity index (χ1) is 18.3. The molecule has 1 saturated heterocycles. The minimum Gasteiger partial charge on any atom is -0.507 e. The number of Topliss-reactive ketones (excluding diaryl/α,β-unsaturated/α-hetero) is 1. The molecule has 5 rings (SSSR count). The molecule has 1 heterocycles. The number of hydrogen-bond acceptors (Lipinski definition) is 12. The molecule has 0 spiro atoms. The molecule has 7 atom stereocenters. The summed E-state index contributed by atoms with van der Waals surface area (Å²) in [7, 11) is 1.31. The lowest BCUT2D eigenvalue weighted by atomic mass is 9.72. The molecule has 3 aliphatic rings. The Labute approximate surface area is 222 Å². The van der Waals surface area contributed by atoms with Crippen molar-refractivity contribution in [2.45, 2.75) is 69.1 Å². The number of aromatic hydroxyl groups is 2. The summed E-state index contributed by atoms with van der Waals surface area (Å²) in [6.07, 6.45) is -9.91. The second-order valence-corrected chi connectivity index (χ2v) is 10.2. The number of ether oxygens (including phenoxy) is 3. The minimum atomic E-state index is -2.12. The molecule has 0 bridgehead atoms. The number of rotatable bonds is 4. The van der Waals surface area contributed by atoms with Gasteiger partial charge in [0.15, 0.2) is 17.9 Å². The Balaban J connectivity index is 1.70. The van der Waals surface area contributed by atoms with Crippen LogP contribution < -0.4 is 4.74 Å². The van der Waals surface area contributed by atoms with E-state index in [4.69, 9.17) is 14.2 Å². The molecule has 0 amide bonds. The van der Waals surface area contributed by atoms with E-state index in [1.165, 1.54) is 32.2 Å². The van der Waals surface area contributed by atoms with Crippen molar-refractivity contribution in [2.75, 3.05) is 7.11 Å². The molecule has 12 nitrogen and oxygen atoms in total. The quantitative estimate of drug-likeness (QED) is 0.241. The molecule has 1 aliphatic heterocycles. The third kappa shape index (κ3) is 3.94. The molecule has 208 valence electrons. The molecule has 0 radical (unpaired) electrons. The highest BCUT2D eigenvalue weighted by Crippen LogP contribution is 2.52. The maximum atomic E-state index is 13.6. The number of aliphatic hydroxyl groups is 4. The second-order valence-electron chi connectivity index (χ2n) is 10.2. The van der Waals surface area contributed by atoms with E-state index in [1.54, 1.807) is 0 Å². The molecule has 0 unspecified atom stereocenters. The van der Waals surface area contributed by atoms with Crippen LogP contribution in [-0.4, -0.2) is 91.4 Å². The van der Waals surface area contributed by atoms with Gasteiger partial charge in [-0.05, 0) is 19.9 Å². The lowest BCUT2D eigenvalue weighted by Gasteiger charge is -2.43. The number of ketones is 3. The predicted molar refractivity (Wildman–Crippen MR) is 130 cm³/mol. The van der Waals surface area contributed by atoms with E-state index in [0.717, 1.165) is 6.92 Å². The molecule has 2 aromatic carbocycles. The number of benzene rings is 2. The molecule has 0 saturated carbocycles. The molecule has 1 fully saturated rings. The highest BCUT2D eigenvalue weighted by atomic mass is 16.7. The molecule has 2 aliphatic carbocycles. The van der Waals surface area contributed by atoms with Crippen molar-refractivity contribution in [3.63, 3.8) is 0 Å². The number of phenolic OH excluding ortho intramolecular Hbond substituents is 2. The largest absolute Gasteiger partial charge is 0.507 e. The van der Waals surface area contributed by atoms with E-state index in [1.807, 2.05) is 0 Å². The molecule has 12 heteroatoms. The van der Waals surface area contributed by atoms with Gasteiger partial charge < -0.3 is 44.8 Å². The lowest BCUT2D eigenvalue weighted by molar-refractivity contribution is -0.308. The van der Waals surface area contributed by atoms with Crippen LogP contribution in [-0.2, 0) is 20.7 Å².